The third-order valence-electron chi connectivity index (χ3n) is 4.07. The van der Waals surface area contributed by atoms with Crippen LogP contribution in [0.3, 0.4) is 0 Å². The van der Waals surface area contributed by atoms with Crippen molar-refractivity contribution in [3.05, 3.63) is 29.3 Å². The molecule has 1 heterocycles. The molecule has 1 fully saturated rings. The molecule has 1 aliphatic rings. The molecule has 2 rings (SSSR count). The molecular formula is C15H23NO4S. The number of aliphatic hydroxyl groups is 1. The van der Waals surface area contributed by atoms with Crippen molar-refractivity contribution in [2.24, 2.45) is 0 Å². The van der Waals surface area contributed by atoms with Crippen LogP contribution < -0.4 is 4.74 Å². The Balaban J connectivity index is 2.11. The van der Waals surface area contributed by atoms with Gasteiger partial charge in [-0.05, 0) is 37.5 Å². The maximum Gasteiger partial charge on any atom is 0.211 e. The summed E-state index contributed by atoms with van der Waals surface area (Å²) >= 11 is 0. The molecule has 1 aromatic rings. The van der Waals surface area contributed by atoms with Gasteiger partial charge in [-0.25, -0.2) is 12.7 Å². The summed E-state index contributed by atoms with van der Waals surface area (Å²) in [5.74, 6) is 0.756. The summed E-state index contributed by atoms with van der Waals surface area (Å²) in [6.45, 7) is 4.71. The number of aryl methyl sites for hydroxylation is 1. The van der Waals surface area contributed by atoms with Gasteiger partial charge in [-0.1, -0.05) is 12.1 Å². The minimum Gasteiger partial charge on any atom is -0.487 e. The Morgan fingerprint density at radius 2 is 1.90 bits per heavy atom. The Labute approximate surface area is 126 Å². The first kappa shape index (κ1) is 16.3. The maximum absolute atomic E-state index is 11.6. The third kappa shape index (κ3) is 3.96. The first-order chi connectivity index (χ1) is 9.79. The molecule has 0 aromatic heterocycles. The van der Waals surface area contributed by atoms with E-state index in [4.69, 9.17) is 4.74 Å². The lowest BCUT2D eigenvalue weighted by Gasteiger charge is -2.23. The summed E-state index contributed by atoms with van der Waals surface area (Å²) in [4.78, 5) is 0. The smallest absolute Gasteiger partial charge is 0.211 e. The Kier molecular flexibility index (Phi) is 4.91. The van der Waals surface area contributed by atoms with Crippen molar-refractivity contribution < 1.29 is 18.3 Å². The van der Waals surface area contributed by atoms with E-state index in [9.17, 15) is 13.5 Å². The second-order valence-corrected chi connectivity index (χ2v) is 7.64. The fourth-order valence-electron chi connectivity index (χ4n) is 2.52. The van der Waals surface area contributed by atoms with Crippen molar-refractivity contribution in [2.75, 3.05) is 19.3 Å². The van der Waals surface area contributed by atoms with Crippen LogP contribution in [-0.2, 0) is 10.0 Å². The number of rotatable bonds is 3. The van der Waals surface area contributed by atoms with E-state index in [2.05, 4.69) is 0 Å². The molecule has 5 nitrogen and oxygen atoms in total. The van der Waals surface area contributed by atoms with Gasteiger partial charge in [0.25, 0.3) is 0 Å². The van der Waals surface area contributed by atoms with Crippen LogP contribution >= 0.6 is 0 Å². The third-order valence-corrected chi connectivity index (χ3v) is 5.37. The highest BCUT2D eigenvalue weighted by Crippen LogP contribution is 2.25. The predicted molar refractivity (Wildman–Crippen MR) is 82.0 cm³/mol. The molecule has 21 heavy (non-hydrogen) atoms. The molecule has 2 atom stereocenters. The van der Waals surface area contributed by atoms with E-state index in [0.29, 0.717) is 25.9 Å². The van der Waals surface area contributed by atoms with Crippen LogP contribution in [-0.4, -0.2) is 49.4 Å². The number of sulfonamides is 1. The van der Waals surface area contributed by atoms with Gasteiger partial charge in [0.15, 0.2) is 0 Å². The van der Waals surface area contributed by atoms with Crippen LogP contribution in [0.4, 0.5) is 0 Å². The fourth-order valence-corrected chi connectivity index (χ4v) is 3.40. The number of ether oxygens (including phenoxy) is 1. The van der Waals surface area contributed by atoms with E-state index >= 15 is 0 Å². The normalized spacial score (nSPS) is 24.6. The number of hydrogen-bond acceptors (Lipinski definition) is 4. The van der Waals surface area contributed by atoms with Gasteiger partial charge in [0.05, 0.1) is 12.4 Å². The van der Waals surface area contributed by atoms with Crippen LogP contribution in [0.1, 0.15) is 24.0 Å². The zero-order chi connectivity index (χ0) is 15.6. The summed E-state index contributed by atoms with van der Waals surface area (Å²) in [6, 6.07) is 5.81. The predicted octanol–water partition coefficient (Wildman–Crippen LogP) is 1.47. The molecule has 1 N–H and O–H groups in total. The molecule has 0 unspecified atom stereocenters. The molecule has 1 saturated heterocycles. The number of aliphatic hydroxyl groups excluding tert-OH is 1. The second kappa shape index (κ2) is 6.34. The van der Waals surface area contributed by atoms with Crippen LogP contribution in [0.25, 0.3) is 0 Å². The minimum atomic E-state index is -3.22. The molecule has 0 radical (unpaired) electrons. The Morgan fingerprint density at radius 1 is 1.24 bits per heavy atom. The summed E-state index contributed by atoms with van der Waals surface area (Å²) in [7, 11) is -3.22. The first-order valence-electron chi connectivity index (χ1n) is 7.15. The van der Waals surface area contributed by atoms with E-state index in [-0.39, 0.29) is 6.10 Å². The topological polar surface area (TPSA) is 66.8 Å². The molecule has 0 bridgehead atoms. The minimum absolute atomic E-state index is 0.340. The van der Waals surface area contributed by atoms with Gasteiger partial charge in [0.1, 0.15) is 11.9 Å². The molecule has 0 spiro atoms. The van der Waals surface area contributed by atoms with Crippen molar-refractivity contribution in [3.63, 3.8) is 0 Å². The largest absolute Gasteiger partial charge is 0.487 e. The molecule has 0 saturated carbocycles. The van der Waals surface area contributed by atoms with Crippen molar-refractivity contribution in [2.45, 2.75) is 38.9 Å². The Hall–Kier alpha value is -1.11. The summed E-state index contributed by atoms with van der Waals surface area (Å²) in [6.07, 6.45) is 1.05. The van der Waals surface area contributed by atoms with E-state index < -0.39 is 16.1 Å². The van der Waals surface area contributed by atoms with Gasteiger partial charge in [-0.3, -0.25) is 0 Å². The first-order valence-corrected chi connectivity index (χ1v) is 9.00. The van der Waals surface area contributed by atoms with E-state index in [0.717, 1.165) is 16.9 Å². The lowest BCUT2D eigenvalue weighted by molar-refractivity contribution is 0.0346. The highest BCUT2D eigenvalue weighted by Gasteiger charge is 2.30. The van der Waals surface area contributed by atoms with Crippen LogP contribution in [0.2, 0.25) is 0 Å². The number of hydrogen-bond donors (Lipinski definition) is 1. The van der Waals surface area contributed by atoms with E-state index in [1.54, 1.807) is 0 Å². The van der Waals surface area contributed by atoms with Crippen LogP contribution in [0.15, 0.2) is 18.2 Å². The number of nitrogens with zero attached hydrogens (tertiary/aromatic N) is 1. The SMILES string of the molecule is Cc1cccc(O[C@@H]2CCN(S(C)(=O)=O)CC[C@H]2O)c1C. The Bertz CT molecular complexity index is 600. The van der Waals surface area contributed by atoms with Gasteiger partial charge in [-0.2, -0.15) is 0 Å². The zero-order valence-electron chi connectivity index (χ0n) is 12.7. The fraction of sp³-hybridized carbons (Fsp3) is 0.600. The molecule has 0 amide bonds. The highest BCUT2D eigenvalue weighted by molar-refractivity contribution is 7.88. The molecule has 6 heteroatoms. The average Bonchev–Trinajstić information content (AvgIpc) is 2.57. The van der Waals surface area contributed by atoms with Crippen molar-refractivity contribution in [3.8, 4) is 5.75 Å². The molecular weight excluding hydrogens is 290 g/mol. The van der Waals surface area contributed by atoms with Gasteiger partial charge in [0, 0.05) is 19.5 Å². The van der Waals surface area contributed by atoms with Crippen LogP contribution in [0.5, 0.6) is 5.75 Å². The van der Waals surface area contributed by atoms with Crippen molar-refractivity contribution in [1.29, 1.82) is 0 Å². The van der Waals surface area contributed by atoms with Crippen LogP contribution in [0, 0.1) is 13.8 Å². The summed E-state index contributed by atoms with van der Waals surface area (Å²) < 4.78 is 30.6. The lowest BCUT2D eigenvalue weighted by Crippen LogP contribution is -2.32. The highest BCUT2D eigenvalue weighted by atomic mass is 32.2. The maximum atomic E-state index is 11.6. The zero-order valence-corrected chi connectivity index (χ0v) is 13.6. The van der Waals surface area contributed by atoms with Gasteiger partial charge in [0.2, 0.25) is 10.0 Å². The molecule has 1 aromatic carbocycles. The molecule has 1 aliphatic heterocycles. The molecule has 0 aliphatic carbocycles. The summed E-state index contributed by atoms with van der Waals surface area (Å²) in [5.41, 5.74) is 2.18. The summed E-state index contributed by atoms with van der Waals surface area (Å²) in [5, 5.41) is 10.2. The van der Waals surface area contributed by atoms with Crippen molar-refractivity contribution >= 4 is 10.0 Å². The van der Waals surface area contributed by atoms with Gasteiger partial charge < -0.3 is 9.84 Å². The van der Waals surface area contributed by atoms with Gasteiger partial charge >= 0.3 is 0 Å². The molecule has 118 valence electrons. The van der Waals surface area contributed by atoms with Gasteiger partial charge in [-0.15, -0.1) is 0 Å². The number of benzene rings is 1. The van der Waals surface area contributed by atoms with E-state index in [1.165, 1.54) is 10.6 Å². The quantitative estimate of drug-likeness (QED) is 0.917. The van der Waals surface area contributed by atoms with Crippen molar-refractivity contribution in [1.82, 2.24) is 4.31 Å². The Morgan fingerprint density at radius 3 is 2.57 bits per heavy atom. The van der Waals surface area contributed by atoms with E-state index in [1.807, 2.05) is 32.0 Å². The second-order valence-electron chi connectivity index (χ2n) is 5.66. The lowest BCUT2D eigenvalue weighted by atomic mass is 10.1. The standard InChI is InChI=1S/C15H23NO4S/c1-11-5-4-6-14(12(11)2)20-15-8-10-16(21(3,18)19)9-7-13(15)17/h4-6,13,15,17H,7-10H2,1-3H3/t13-,15-/m1/s1. The monoisotopic (exact) mass is 313 g/mol. The average molecular weight is 313 g/mol.